The van der Waals surface area contributed by atoms with Crippen molar-refractivity contribution in [2.24, 2.45) is 7.05 Å². The second-order valence-electron chi connectivity index (χ2n) is 7.73. The molecule has 1 aromatic carbocycles. The molecule has 0 atom stereocenters. The van der Waals surface area contributed by atoms with Gasteiger partial charge in [-0.2, -0.15) is 15.2 Å². The Balaban J connectivity index is 1.70. The zero-order valence-corrected chi connectivity index (χ0v) is 17.5. The highest BCUT2D eigenvalue weighted by Crippen LogP contribution is 2.29. The zero-order valence-electron chi connectivity index (χ0n) is 17.5. The summed E-state index contributed by atoms with van der Waals surface area (Å²) in [6.07, 6.45) is 5.05. The Bertz CT molecular complexity index is 1280. The third-order valence-corrected chi connectivity index (χ3v) is 4.88. The number of rotatable bonds is 5. The first-order valence-electron chi connectivity index (χ1n) is 9.72. The summed E-state index contributed by atoms with van der Waals surface area (Å²) in [5, 5.41) is 8.90. The molecule has 0 unspecified atom stereocenters. The molecule has 0 amide bonds. The predicted octanol–water partition coefficient (Wildman–Crippen LogP) is 4.09. The standard InChI is InChI=1S/C21H23FN6O2/c1-12(2)27-11-15(9-23-27)14-6-7-18(17(22)8-14)30-21-25-19-16(20(29)26(21)5)10-24-28(19)13(3)4/h6-13H,1-5H3. The lowest BCUT2D eigenvalue weighted by Crippen LogP contribution is -2.20. The maximum Gasteiger partial charge on any atom is 0.306 e. The van der Waals surface area contributed by atoms with Crippen LogP contribution in [0.3, 0.4) is 0 Å². The lowest BCUT2D eigenvalue weighted by atomic mass is 10.1. The summed E-state index contributed by atoms with van der Waals surface area (Å²) in [6.45, 7) is 7.92. The summed E-state index contributed by atoms with van der Waals surface area (Å²) in [4.78, 5) is 17.1. The number of fused-ring (bicyclic) bond motifs is 1. The van der Waals surface area contributed by atoms with E-state index in [-0.39, 0.29) is 29.4 Å². The van der Waals surface area contributed by atoms with Crippen LogP contribution >= 0.6 is 0 Å². The van der Waals surface area contributed by atoms with Gasteiger partial charge in [0.05, 0.1) is 12.4 Å². The van der Waals surface area contributed by atoms with Crippen LogP contribution in [0.5, 0.6) is 11.8 Å². The molecule has 0 N–H and O–H groups in total. The zero-order chi connectivity index (χ0) is 21.6. The van der Waals surface area contributed by atoms with Crippen molar-refractivity contribution in [3.63, 3.8) is 0 Å². The van der Waals surface area contributed by atoms with Gasteiger partial charge in [-0.3, -0.25) is 14.0 Å². The molecule has 0 saturated heterocycles. The molecule has 0 aliphatic carbocycles. The highest BCUT2D eigenvalue weighted by Gasteiger charge is 2.17. The number of benzene rings is 1. The molecule has 30 heavy (non-hydrogen) atoms. The fourth-order valence-corrected chi connectivity index (χ4v) is 3.15. The van der Waals surface area contributed by atoms with Gasteiger partial charge in [-0.05, 0) is 45.4 Å². The molecule has 0 radical (unpaired) electrons. The minimum atomic E-state index is -0.559. The van der Waals surface area contributed by atoms with Gasteiger partial charge >= 0.3 is 6.01 Å². The molecule has 156 valence electrons. The van der Waals surface area contributed by atoms with Gasteiger partial charge in [0.2, 0.25) is 0 Å². The van der Waals surface area contributed by atoms with Gasteiger partial charge in [-0.1, -0.05) is 6.07 Å². The Hall–Kier alpha value is -3.49. The van der Waals surface area contributed by atoms with Crippen molar-refractivity contribution < 1.29 is 9.13 Å². The van der Waals surface area contributed by atoms with Crippen LogP contribution in [0, 0.1) is 5.82 Å². The Kier molecular flexibility index (Phi) is 4.89. The molecule has 0 saturated carbocycles. The van der Waals surface area contributed by atoms with Crippen molar-refractivity contribution in [3.05, 3.63) is 53.0 Å². The largest absolute Gasteiger partial charge is 0.422 e. The van der Waals surface area contributed by atoms with Crippen LogP contribution in [0.2, 0.25) is 0 Å². The van der Waals surface area contributed by atoms with Crippen molar-refractivity contribution in [3.8, 4) is 22.9 Å². The molecule has 8 nitrogen and oxygen atoms in total. The third-order valence-electron chi connectivity index (χ3n) is 4.88. The monoisotopic (exact) mass is 410 g/mol. The van der Waals surface area contributed by atoms with Gasteiger partial charge < -0.3 is 4.74 Å². The van der Waals surface area contributed by atoms with E-state index in [9.17, 15) is 9.18 Å². The van der Waals surface area contributed by atoms with E-state index in [1.54, 1.807) is 16.9 Å². The van der Waals surface area contributed by atoms with Gasteiger partial charge in [-0.15, -0.1) is 0 Å². The van der Waals surface area contributed by atoms with Gasteiger partial charge in [0.25, 0.3) is 5.56 Å². The molecule has 0 aliphatic heterocycles. The van der Waals surface area contributed by atoms with Crippen molar-refractivity contribution >= 4 is 11.0 Å². The molecule has 4 rings (SSSR count). The highest BCUT2D eigenvalue weighted by atomic mass is 19.1. The summed E-state index contributed by atoms with van der Waals surface area (Å²) < 4.78 is 25.2. The molecule has 0 fully saturated rings. The van der Waals surface area contributed by atoms with Gasteiger partial charge in [0.1, 0.15) is 5.39 Å². The van der Waals surface area contributed by atoms with Crippen LogP contribution < -0.4 is 10.3 Å². The molecule has 3 aromatic heterocycles. The van der Waals surface area contributed by atoms with Crippen LogP contribution in [0.25, 0.3) is 22.2 Å². The first-order chi connectivity index (χ1) is 14.3. The number of hydrogen-bond acceptors (Lipinski definition) is 5. The average molecular weight is 410 g/mol. The lowest BCUT2D eigenvalue weighted by Gasteiger charge is -2.12. The van der Waals surface area contributed by atoms with Gasteiger partial charge in [-0.25, -0.2) is 9.07 Å². The second-order valence-corrected chi connectivity index (χ2v) is 7.73. The van der Waals surface area contributed by atoms with Crippen LogP contribution in [-0.4, -0.2) is 29.1 Å². The molecule has 0 spiro atoms. The highest BCUT2D eigenvalue weighted by molar-refractivity contribution is 5.73. The minimum absolute atomic E-state index is 0.00539. The minimum Gasteiger partial charge on any atom is -0.422 e. The third kappa shape index (κ3) is 3.36. The number of nitrogens with zero attached hydrogens (tertiary/aromatic N) is 6. The Morgan fingerprint density at radius 3 is 2.43 bits per heavy atom. The smallest absolute Gasteiger partial charge is 0.306 e. The molecular formula is C21H23FN6O2. The first kappa shape index (κ1) is 19.8. The summed E-state index contributed by atoms with van der Waals surface area (Å²) in [7, 11) is 1.53. The maximum absolute atomic E-state index is 14.8. The van der Waals surface area contributed by atoms with E-state index in [4.69, 9.17) is 4.74 Å². The SMILES string of the molecule is CC(C)n1cc(-c2ccc(Oc3nc4c(cnn4C(C)C)c(=O)n3C)c(F)c2)cn1. The normalized spacial score (nSPS) is 11.7. The van der Waals surface area contributed by atoms with E-state index in [0.717, 1.165) is 5.56 Å². The van der Waals surface area contributed by atoms with E-state index < -0.39 is 5.82 Å². The molecule has 0 aliphatic rings. The van der Waals surface area contributed by atoms with E-state index in [2.05, 4.69) is 15.2 Å². The van der Waals surface area contributed by atoms with Crippen LogP contribution in [0.15, 0.2) is 41.6 Å². The average Bonchev–Trinajstić information content (AvgIpc) is 3.34. The maximum atomic E-state index is 14.8. The molecule has 4 aromatic rings. The van der Waals surface area contributed by atoms with Crippen molar-refractivity contribution in [1.29, 1.82) is 0 Å². The Labute approximate surface area is 172 Å². The molecule has 9 heteroatoms. The first-order valence-corrected chi connectivity index (χ1v) is 9.72. The van der Waals surface area contributed by atoms with Gasteiger partial charge in [0.15, 0.2) is 17.2 Å². The molecular weight excluding hydrogens is 387 g/mol. The second kappa shape index (κ2) is 7.40. The topological polar surface area (TPSA) is 79.8 Å². The van der Waals surface area contributed by atoms with Crippen LogP contribution in [-0.2, 0) is 7.05 Å². The van der Waals surface area contributed by atoms with Crippen LogP contribution in [0.1, 0.15) is 39.8 Å². The van der Waals surface area contributed by atoms with E-state index in [0.29, 0.717) is 16.6 Å². The van der Waals surface area contributed by atoms with E-state index in [1.165, 1.54) is 29.9 Å². The number of hydrogen-bond donors (Lipinski definition) is 0. The van der Waals surface area contributed by atoms with Crippen molar-refractivity contribution in [1.82, 2.24) is 29.1 Å². The predicted molar refractivity (Wildman–Crippen MR) is 111 cm³/mol. The fraction of sp³-hybridized carbons (Fsp3) is 0.333. The summed E-state index contributed by atoms with van der Waals surface area (Å²) >= 11 is 0. The number of halogens is 1. The summed E-state index contributed by atoms with van der Waals surface area (Å²) in [5.41, 5.74) is 1.59. The summed E-state index contributed by atoms with van der Waals surface area (Å²) in [5.74, 6) is -0.580. The lowest BCUT2D eigenvalue weighted by molar-refractivity contribution is 0.389. The fourth-order valence-electron chi connectivity index (χ4n) is 3.15. The Morgan fingerprint density at radius 1 is 1.03 bits per heavy atom. The quantitative estimate of drug-likeness (QED) is 0.495. The number of ether oxygens (including phenoxy) is 1. The molecule has 3 heterocycles. The van der Waals surface area contributed by atoms with Crippen molar-refractivity contribution in [2.45, 2.75) is 39.8 Å². The van der Waals surface area contributed by atoms with Gasteiger partial charge in [0, 0.05) is 30.9 Å². The summed E-state index contributed by atoms with van der Waals surface area (Å²) in [6, 6.07) is 4.87. The van der Waals surface area contributed by atoms with Crippen molar-refractivity contribution in [2.75, 3.05) is 0 Å². The molecule has 0 bridgehead atoms. The Morgan fingerprint density at radius 2 is 1.80 bits per heavy atom. The number of aromatic nitrogens is 6. The van der Waals surface area contributed by atoms with E-state index in [1.807, 2.05) is 38.6 Å². The van der Waals surface area contributed by atoms with E-state index >= 15 is 0 Å². The van der Waals surface area contributed by atoms with Crippen LogP contribution in [0.4, 0.5) is 4.39 Å².